The van der Waals surface area contributed by atoms with Gasteiger partial charge in [0.05, 0.1) is 10.7 Å². The Balaban J connectivity index is 2.17. The first kappa shape index (κ1) is 12.0. The Hall–Kier alpha value is -1.49. The number of hydrogen-bond acceptors (Lipinski definition) is 5. The predicted octanol–water partition coefficient (Wildman–Crippen LogP) is 2.65. The molecule has 0 bridgehead atoms. The van der Waals surface area contributed by atoms with Gasteiger partial charge in [0, 0.05) is 30.1 Å². The van der Waals surface area contributed by atoms with Crippen LogP contribution in [0.3, 0.4) is 0 Å². The van der Waals surface area contributed by atoms with E-state index in [1.54, 1.807) is 17.7 Å². The second-order valence-electron chi connectivity index (χ2n) is 3.82. The quantitative estimate of drug-likeness (QED) is 0.883. The van der Waals surface area contributed by atoms with Crippen molar-refractivity contribution < 1.29 is 0 Å². The van der Waals surface area contributed by atoms with Crippen molar-refractivity contribution in [2.75, 3.05) is 11.9 Å². The van der Waals surface area contributed by atoms with Crippen LogP contribution in [0, 0.1) is 6.92 Å². The Labute approximate surface area is 105 Å². The number of nitrogens with one attached hydrogen (secondary N) is 1. The molecule has 0 aliphatic rings. The minimum absolute atomic E-state index is 0.785. The molecule has 4 nitrogen and oxygen atoms in total. The summed E-state index contributed by atoms with van der Waals surface area (Å²) in [4.78, 5) is 12.9. The highest BCUT2D eigenvalue weighted by molar-refractivity contribution is 7.09. The zero-order valence-electron chi connectivity index (χ0n) is 10.1. The molecule has 2 aromatic heterocycles. The van der Waals surface area contributed by atoms with Gasteiger partial charge < -0.3 is 5.32 Å². The molecule has 0 unspecified atom stereocenters. The maximum atomic E-state index is 4.34. The highest BCUT2D eigenvalue weighted by Gasteiger charge is 2.08. The molecule has 2 heterocycles. The maximum absolute atomic E-state index is 4.34. The molecule has 1 N–H and O–H groups in total. The fourth-order valence-electron chi connectivity index (χ4n) is 1.57. The molecule has 0 aromatic carbocycles. The number of hydrogen-bond donors (Lipinski definition) is 1. The molecule has 5 heteroatoms. The van der Waals surface area contributed by atoms with Crippen molar-refractivity contribution in [3.05, 3.63) is 34.2 Å². The van der Waals surface area contributed by atoms with Crippen LogP contribution in [-0.2, 0) is 6.42 Å². The number of nitrogens with zero attached hydrogens (tertiary/aromatic N) is 3. The average Bonchev–Trinajstić information content (AvgIpc) is 2.83. The fraction of sp³-hybridized carbons (Fsp3) is 0.417. The number of aromatic nitrogens is 3. The van der Waals surface area contributed by atoms with E-state index in [-0.39, 0.29) is 0 Å². The standard InChI is InChI=1S/C12H16N4S/c1-3-4-14-12-9(2)10(15-8-16-12)7-11-13-5-6-17-11/h5-6,8H,3-4,7H2,1-2H3,(H,14,15,16). The van der Waals surface area contributed by atoms with Gasteiger partial charge >= 0.3 is 0 Å². The third-order valence-electron chi connectivity index (χ3n) is 2.53. The third kappa shape index (κ3) is 3.00. The summed E-state index contributed by atoms with van der Waals surface area (Å²) in [7, 11) is 0. The van der Waals surface area contributed by atoms with Gasteiger partial charge in [-0.2, -0.15) is 0 Å². The minimum atomic E-state index is 0.785. The van der Waals surface area contributed by atoms with Crippen LogP contribution >= 0.6 is 11.3 Å². The third-order valence-corrected chi connectivity index (χ3v) is 3.31. The molecule has 0 fully saturated rings. The van der Waals surface area contributed by atoms with E-state index in [4.69, 9.17) is 0 Å². The summed E-state index contributed by atoms with van der Waals surface area (Å²) in [5, 5.41) is 6.39. The zero-order chi connectivity index (χ0) is 12.1. The Morgan fingerprint density at radius 2 is 2.18 bits per heavy atom. The molecular weight excluding hydrogens is 232 g/mol. The molecular formula is C12H16N4S. The van der Waals surface area contributed by atoms with Gasteiger partial charge in [-0.15, -0.1) is 11.3 Å². The molecule has 90 valence electrons. The summed E-state index contributed by atoms with van der Waals surface area (Å²) in [6.45, 7) is 5.13. The van der Waals surface area contributed by atoms with Gasteiger partial charge in [-0.1, -0.05) is 6.92 Å². The molecule has 0 saturated heterocycles. The van der Waals surface area contributed by atoms with Crippen LogP contribution in [0.15, 0.2) is 17.9 Å². The second kappa shape index (κ2) is 5.72. The first-order valence-electron chi connectivity index (χ1n) is 5.74. The summed E-state index contributed by atoms with van der Waals surface area (Å²) < 4.78 is 0. The molecule has 17 heavy (non-hydrogen) atoms. The molecule has 2 aromatic rings. The molecule has 0 aliphatic carbocycles. The van der Waals surface area contributed by atoms with Gasteiger partial charge in [-0.25, -0.2) is 15.0 Å². The van der Waals surface area contributed by atoms with Crippen molar-refractivity contribution in [2.45, 2.75) is 26.7 Å². The first-order valence-corrected chi connectivity index (χ1v) is 6.62. The highest BCUT2D eigenvalue weighted by atomic mass is 32.1. The summed E-state index contributed by atoms with van der Waals surface area (Å²) in [5.41, 5.74) is 2.17. The van der Waals surface area contributed by atoms with Crippen LogP contribution < -0.4 is 5.32 Å². The number of thiazole rings is 1. The normalized spacial score (nSPS) is 10.5. The minimum Gasteiger partial charge on any atom is -0.370 e. The molecule has 0 saturated carbocycles. The van der Waals surface area contributed by atoms with Crippen molar-refractivity contribution in [1.82, 2.24) is 15.0 Å². The van der Waals surface area contributed by atoms with Crippen LogP contribution in [-0.4, -0.2) is 21.5 Å². The molecule has 0 radical (unpaired) electrons. The summed E-state index contributed by atoms with van der Waals surface area (Å²) in [6, 6.07) is 0. The van der Waals surface area contributed by atoms with Gasteiger partial charge in [-0.05, 0) is 13.3 Å². The van der Waals surface area contributed by atoms with Crippen LogP contribution in [0.25, 0.3) is 0 Å². The topological polar surface area (TPSA) is 50.7 Å². The number of anilines is 1. The lowest BCUT2D eigenvalue weighted by Crippen LogP contribution is -2.07. The van der Waals surface area contributed by atoms with Gasteiger partial charge in [0.25, 0.3) is 0 Å². The van der Waals surface area contributed by atoms with E-state index in [9.17, 15) is 0 Å². The van der Waals surface area contributed by atoms with Gasteiger partial charge in [-0.3, -0.25) is 0 Å². The van der Waals surface area contributed by atoms with Crippen LogP contribution in [0.5, 0.6) is 0 Å². The van der Waals surface area contributed by atoms with Crippen molar-refractivity contribution in [3.8, 4) is 0 Å². The summed E-state index contributed by atoms with van der Waals surface area (Å²) in [5.74, 6) is 0.938. The molecule has 0 spiro atoms. The lowest BCUT2D eigenvalue weighted by atomic mass is 10.2. The van der Waals surface area contributed by atoms with E-state index < -0.39 is 0 Å². The van der Waals surface area contributed by atoms with E-state index >= 15 is 0 Å². The van der Waals surface area contributed by atoms with Gasteiger partial charge in [0.15, 0.2) is 0 Å². The van der Waals surface area contributed by atoms with Gasteiger partial charge in [0.1, 0.15) is 12.1 Å². The Morgan fingerprint density at radius 1 is 1.29 bits per heavy atom. The van der Waals surface area contributed by atoms with Crippen LogP contribution in [0.1, 0.15) is 29.6 Å². The summed E-state index contributed by atoms with van der Waals surface area (Å²) >= 11 is 1.66. The SMILES string of the molecule is CCCNc1ncnc(Cc2nccs2)c1C. The van der Waals surface area contributed by atoms with E-state index in [1.165, 1.54) is 0 Å². The Bertz CT molecular complexity index is 467. The van der Waals surface area contributed by atoms with E-state index in [1.807, 2.05) is 11.6 Å². The highest BCUT2D eigenvalue weighted by Crippen LogP contribution is 2.18. The predicted molar refractivity (Wildman–Crippen MR) is 70.5 cm³/mol. The Kier molecular flexibility index (Phi) is 4.03. The zero-order valence-corrected chi connectivity index (χ0v) is 10.9. The largest absolute Gasteiger partial charge is 0.370 e. The summed E-state index contributed by atoms with van der Waals surface area (Å²) in [6.07, 6.45) is 5.32. The monoisotopic (exact) mass is 248 g/mol. The molecule has 0 amide bonds. The van der Waals surface area contributed by atoms with Crippen molar-refractivity contribution in [3.63, 3.8) is 0 Å². The first-order chi connectivity index (χ1) is 8.31. The van der Waals surface area contributed by atoms with Crippen LogP contribution in [0.2, 0.25) is 0 Å². The molecule has 2 rings (SSSR count). The lowest BCUT2D eigenvalue weighted by Gasteiger charge is -2.09. The van der Waals surface area contributed by atoms with Crippen molar-refractivity contribution >= 4 is 17.2 Å². The average molecular weight is 248 g/mol. The van der Waals surface area contributed by atoms with Gasteiger partial charge in [0.2, 0.25) is 0 Å². The maximum Gasteiger partial charge on any atom is 0.132 e. The second-order valence-corrected chi connectivity index (χ2v) is 4.80. The van der Waals surface area contributed by atoms with Crippen molar-refractivity contribution in [2.24, 2.45) is 0 Å². The lowest BCUT2D eigenvalue weighted by molar-refractivity contribution is 0.938. The van der Waals surface area contributed by atoms with Crippen molar-refractivity contribution in [1.29, 1.82) is 0 Å². The number of rotatable bonds is 5. The van der Waals surface area contributed by atoms with E-state index in [0.29, 0.717) is 0 Å². The molecule has 0 atom stereocenters. The van der Waals surface area contributed by atoms with Crippen LogP contribution in [0.4, 0.5) is 5.82 Å². The van der Waals surface area contributed by atoms with E-state index in [2.05, 4.69) is 34.1 Å². The molecule has 0 aliphatic heterocycles. The Morgan fingerprint density at radius 3 is 2.88 bits per heavy atom. The smallest absolute Gasteiger partial charge is 0.132 e. The fourth-order valence-corrected chi connectivity index (χ4v) is 2.19. The van der Waals surface area contributed by atoms with E-state index in [0.717, 1.165) is 41.5 Å².